The van der Waals surface area contributed by atoms with Crippen LogP contribution < -0.4 is 10.1 Å². The molecule has 1 N–H and O–H groups in total. The van der Waals surface area contributed by atoms with Crippen molar-refractivity contribution in [1.29, 1.82) is 0 Å². The molecule has 0 bridgehead atoms. The van der Waals surface area contributed by atoms with Crippen LogP contribution in [0.2, 0.25) is 0 Å². The van der Waals surface area contributed by atoms with Crippen LogP contribution in [0.4, 0.5) is 5.82 Å². The summed E-state index contributed by atoms with van der Waals surface area (Å²) in [6.07, 6.45) is 3.45. The van der Waals surface area contributed by atoms with E-state index in [0.29, 0.717) is 24.9 Å². The molecule has 2 heterocycles. The Bertz CT molecular complexity index is 409. The van der Waals surface area contributed by atoms with Gasteiger partial charge in [-0.25, -0.2) is 4.98 Å². The third-order valence-corrected chi connectivity index (χ3v) is 3.01. The molecule has 1 aromatic heterocycles. The molecule has 0 aromatic carbocycles. The summed E-state index contributed by atoms with van der Waals surface area (Å²) >= 11 is 0. The van der Waals surface area contributed by atoms with Crippen LogP contribution >= 0.6 is 0 Å². The molecule has 0 radical (unpaired) electrons. The van der Waals surface area contributed by atoms with Crippen molar-refractivity contribution >= 4 is 5.82 Å². The summed E-state index contributed by atoms with van der Waals surface area (Å²) in [7, 11) is 1.63. The lowest BCUT2D eigenvalue weighted by Crippen LogP contribution is -2.19. The average Bonchev–Trinajstić information content (AvgIpc) is 2.96. The Labute approximate surface area is 119 Å². The lowest BCUT2D eigenvalue weighted by molar-refractivity contribution is 0.120. The van der Waals surface area contributed by atoms with Gasteiger partial charge in [0, 0.05) is 26.3 Å². The quantitative estimate of drug-likeness (QED) is 0.786. The molecule has 20 heavy (non-hydrogen) atoms. The summed E-state index contributed by atoms with van der Waals surface area (Å²) in [5.41, 5.74) is 0. The summed E-state index contributed by atoms with van der Waals surface area (Å²) in [5.74, 6) is 1.97. The number of hydrogen-bond acceptors (Lipinski definition) is 6. The van der Waals surface area contributed by atoms with Gasteiger partial charge in [-0.15, -0.1) is 0 Å². The number of aromatic nitrogens is 2. The third-order valence-electron chi connectivity index (χ3n) is 3.01. The summed E-state index contributed by atoms with van der Waals surface area (Å²) in [4.78, 5) is 8.72. The first kappa shape index (κ1) is 15.0. The minimum atomic E-state index is 0.274. The van der Waals surface area contributed by atoms with E-state index in [1.54, 1.807) is 7.11 Å². The predicted octanol–water partition coefficient (Wildman–Crippen LogP) is 2.00. The molecule has 6 nitrogen and oxygen atoms in total. The number of hydrogen-bond donors (Lipinski definition) is 1. The molecule has 0 spiro atoms. The van der Waals surface area contributed by atoms with Crippen molar-refractivity contribution in [2.45, 2.75) is 38.9 Å². The smallest absolute Gasteiger partial charge is 0.218 e. The Morgan fingerprint density at radius 3 is 3.05 bits per heavy atom. The largest absolute Gasteiger partial charge is 0.478 e. The van der Waals surface area contributed by atoms with E-state index in [2.05, 4.69) is 22.2 Å². The molecule has 1 aliphatic heterocycles. The zero-order chi connectivity index (χ0) is 14.2. The highest BCUT2D eigenvalue weighted by Crippen LogP contribution is 2.17. The summed E-state index contributed by atoms with van der Waals surface area (Å²) < 4.78 is 16.2. The van der Waals surface area contributed by atoms with Crippen LogP contribution in [-0.2, 0) is 16.1 Å². The Morgan fingerprint density at radius 2 is 2.35 bits per heavy atom. The normalized spacial score (nSPS) is 18.2. The standard InChI is InChI=1S/C14H23N3O3/c1-3-6-20-14-8-12(16-13(17-14)10-18-2)15-9-11-5-4-7-19-11/h8,11H,3-7,9-10H2,1-2H3,(H,15,16,17). The first-order chi connectivity index (χ1) is 9.81. The van der Waals surface area contributed by atoms with Gasteiger partial charge in [-0.3, -0.25) is 0 Å². The maximum Gasteiger partial charge on any atom is 0.218 e. The van der Waals surface area contributed by atoms with Crippen molar-refractivity contribution in [2.75, 3.05) is 32.2 Å². The van der Waals surface area contributed by atoms with Crippen LogP contribution in [-0.4, -0.2) is 42.9 Å². The monoisotopic (exact) mass is 281 g/mol. The van der Waals surface area contributed by atoms with E-state index in [1.165, 1.54) is 0 Å². The molecule has 1 aliphatic rings. The minimum Gasteiger partial charge on any atom is -0.478 e. The van der Waals surface area contributed by atoms with Crippen LogP contribution in [0.15, 0.2) is 6.07 Å². The number of nitrogens with zero attached hydrogens (tertiary/aromatic N) is 2. The average molecular weight is 281 g/mol. The fourth-order valence-electron chi connectivity index (χ4n) is 2.06. The van der Waals surface area contributed by atoms with Crippen molar-refractivity contribution in [3.8, 4) is 5.88 Å². The van der Waals surface area contributed by atoms with Gasteiger partial charge < -0.3 is 19.5 Å². The van der Waals surface area contributed by atoms with Crippen molar-refractivity contribution < 1.29 is 14.2 Å². The highest BCUT2D eigenvalue weighted by Gasteiger charge is 2.15. The van der Waals surface area contributed by atoms with E-state index in [9.17, 15) is 0 Å². The molecule has 2 rings (SSSR count). The Kier molecular flexibility index (Phi) is 6.01. The van der Waals surface area contributed by atoms with Gasteiger partial charge in [-0.2, -0.15) is 4.98 Å². The van der Waals surface area contributed by atoms with Gasteiger partial charge in [0.15, 0.2) is 5.82 Å². The fourth-order valence-corrected chi connectivity index (χ4v) is 2.06. The SMILES string of the molecule is CCCOc1cc(NCC2CCCO2)nc(COC)n1. The molecule has 6 heteroatoms. The Balaban J connectivity index is 1.98. The number of rotatable bonds is 8. The van der Waals surface area contributed by atoms with Gasteiger partial charge in [0.05, 0.1) is 12.7 Å². The maximum absolute atomic E-state index is 5.59. The Morgan fingerprint density at radius 1 is 1.45 bits per heavy atom. The van der Waals surface area contributed by atoms with E-state index in [-0.39, 0.29) is 6.10 Å². The third kappa shape index (κ3) is 4.61. The second-order valence-corrected chi connectivity index (χ2v) is 4.81. The first-order valence-corrected chi connectivity index (χ1v) is 7.17. The molecular weight excluding hydrogens is 258 g/mol. The predicted molar refractivity (Wildman–Crippen MR) is 76.0 cm³/mol. The van der Waals surface area contributed by atoms with Gasteiger partial charge in [-0.1, -0.05) is 6.92 Å². The highest BCUT2D eigenvalue weighted by molar-refractivity contribution is 5.38. The van der Waals surface area contributed by atoms with Gasteiger partial charge in [0.1, 0.15) is 12.4 Å². The minimum absolute atomic E-state index is 0.274. The van der Waals surface area contributed by atoms with Gasteiger partial charge in [0.25, 0.3) is 0 Å². The van der Waals surface area contributed by atoms with Crippen LogP contribution in [0.3, 0.4) is 0 Å². The molecule has 0 amide bonds. The highest BCUT2D eigenvalue weighted by atomic mass is 16.5. The van der Waals surface area contributed by atoms with Gasteiger partial charge in [-0.05, 0) is 19.3 Å². The van der Waals surface area contributed by atoms with E-state index < -0.39 is 0 Å². The molecule has 0 aliphatic carbocycles. The van der Waals surface area contributed by atoms with Crippen molar-refractivity contribution in [3.05, 3.63) is 11.9 Å². The van der Waals surface area contributed by atoms with Crippen molar-refractivity contribution in [1.82, 2.24) is 9.97 Å². The zero-order valence-corrected chi connectivity index (χ0v) is 12.2. The summed E-state index contributed by atoms with van der Waals surface area (Å²) in [5, 5.41) is 3.29. The van der Waals surface area contributed by atoms with E-state index in [1.807, 2.05) is 6.07 Å². The zero-order valence-electron chi connectivity index (χ0n) is 12.2. The van der Waals surface area contributed by atoms with Crippen LogP contribution in [0, 0.1) is 0 Å². The molecule has 1 atom stereocenters. The maximum atomic E-state index is 5.59. The second kappa shape index (κ2) is 8.01. The lowest BCUT2D eigenvalue weighted by atomic mass is 10.2. The van der Waals surface area contributed by atoms with Gasteiger partial charge in [0.2, 0.25) is 5.88 Å². The van der Waals surface area contributed by atoms with Crippen LogP contribution in [0.1, 0.15) is 32.0 Å². The summed E-state index contributed by atoms with van der Waals surface area (Å²) in [6.45, 7) is 4.70. The lowest BCUT2D eigenvalue weighted by Gasteiger charge is -2.13. The molecule has 1 unspecified atom stereocenters. The van der Waals surface area contributed by atoms with Crippen molar-refractivity contribution in [3.63, 3.8) is 0 Å². The molecule has 0 saturated carbocycles. The van der Waals surface area contributed by atoms with Crippen molar-refractivity contribution in [2.24, 2.45) is 0 Å². The van der Waals surface area contributed by atoms with Crippen LogP contribution in [0.5, 0.6) is 5.88 Å². The molecular formula is C14H23N3O3. The van der Waals surface area contributed by atoms with Crippen LogP contribution in [0.25, 0.3) is 0 Å². The van der Waals surface area contributed by atoms with E-state index in [0.717, 1.165) is 38.2 Å². The van der Waals surface area contributed by atoms with Gasteiger partial charge >= 0.3 is 0 Å². The first-order valence-electron chi connectivity index (χ1n) is 7.17. The fraction of sp³-hybridized carbons (Fsp3) is 0.714. The second-order valence-electron chi connectivity index (χ2n) is 4.81. The molecule has 1 fully saturated rings. The molecule has 1 saturated heterocycles. The topological polar surface area (TPSA) is 65.5 Å². The number of nitrogens with one attached hydrogen (secondary N) is 1. The molecule has 112 valence electrons. The summed E-state index contributed by atoms with van der Waals surface area (Å²) in [6, 6.07) is 1.82. The number of methoxy groups -OCH3 is 1. The van der Waals surface area contributed by atoms with E-state index >= 15 is 0 Å². The number of ether oxygens (including phenoxy) is 3. The molecule has 1 aromatic rings. The van der Waals surface area contributed by atoms with E-state index in [4.69, 9.17) is 14.2 Å². The Hall–Kier alpha value is -1.40. The number of anilines is 1.